The molecule has 0 spiro atoms. The zero-order valence-electron chi connectivity index (χ0n) is 15.3. The highest BCUT2D eigenvalue weighted by Crippen LogP contribution is 2.42. The largest absolute Gasteiger partial charge is 0.416 e. The van der Waals surface area contributed by atoms with Gasteiger partial charge in [-0.25, -0.2) is 8.42 Å². The Morgan fingerprint density at radius 3 is 2.36 bits per heavy atom. The fourth-order valence-electron chi connectivity index (χ4n) is 3.51. The number of hydrogen-bond acceptors (Lipinski definition) is 3. The summed E-state index contributed by atoms with van der Waals surface area (Å²) < 4.78 is 71.4. The van der Waals surface area contributed by atoms with Crippen molar-refractivity contribution in [1.29, 1.82) is 0 Å². The van der Waals surface area contributed by atoms with E-state index in [9.17, 15) is 21.6 Å². The molecule has 2 atom stereocenters. The Morgan fingerprint density at radius 1 is 1.11 bits per heavy atom. The molecule has 3 rings (SSSR count). The van der Waals surface area contributed by atoms with Crippen LogP contribution in [0.1, 0.15) is 43.9 Å². The van der Waals surface area contributed by atoms with E-state index in [0.29, 0.717) is 11.1 Å². The molecule has 1 fully saturated rings. The molecule has 8 heteroatoms. The van der Waals surface area contributed by atoms with E-state index in [4.69, 9.17) is 16.3 Å². The van der Waals surface area contributed by atoms with Gasteiger partial charge in [0.05, 0.1) is 27.4 Å². The zero-order chi connectivity index (χ0) is 20.7. The summed E-state index contributed by atoms with van der Waals surface area (Å²) in [5.41, 5.74) is -0.947. The van der Waals surface area contributed by atoms with Crippen molar-refractivity contribution < 1.29 is 26.3 Å². The molecule has 1 aliphatic heterocycles. The molecule has 0 aliphatic carbocycles. The Bertz CT molecular complexity index is 953. The van der Waals surface area contributed by atoms with Crippen LogP contribution >= 0.6 is 11.6 Å². The van der Waals surface area contributed by atoms with E-state index in [2.05, 4.69) is 0 Å². The van der Waals surface area contributed by atoms with E-state index in [1.54, 1.807) is 38.1 Å². The Hall–Kier alpha value is -1.57. The van der Waals surface area contributed by atoms with Crippen LogP contribution in [0.5, 0.6) is 0 Å². The fourth-order valence-corrected chi connectivity index (χ4v) is 5.63. The third kappa shape index (κ3) is 4.53. The average Bonchev–Trinajstić information content (AvgIpc) is 2.60. The van der Waals surface area contributed by atoms with E-state index in [0.717, 1.165) is 17.7 Å². The molecule has 2 unspecified atom stereocenters. The van der Waals surface area contributed by atoms with Gasteiger partial charge in [0, 0.05) is 5.02 Å². The maximum atomic E-state index is 13.1. The fraction of sp³-hybridized carbons (Fsp3) is 0.400. The van der Waals surface area contributed by atoms with E-state index in [1.807, 2.05) is 0 Å². The van der Waals surface area contributed by atoms with Crippen molar-refractivity contribution in [2.24, 2.45) is 0 Å². The molecule has 1 saturated heterocycles. The lowest BCUT2D eigenvalue weighted by Crippen LogP contribution is -2.41. The molecule has 0 aromatic heterocycles. The van der Waals surface area contributed by atoms with Crippen molar-refractivity contribution in [3.05, 3.63) is 64.7 Å². The van der Waals surface area contributed by atoms with Crippen molar-refractivity contribution in [2.45, 2.75) is 54.7 Å². The van der Waals surface area contributed by atoms with Gasteiger partial charge in [0.15, 0.2) is 9.84 Å². The van der Waals surface area contributed by atoms with Crippen molar-refractivity contribution in [3.8, 4) is 0 Å². The lowest BCUT2D eigenvalue weighted by molar-refractivity contribution is -0.137. The van der Waals surface area contributed by atoms with Crippen LogP contribution in [0.2, 0.25) is 5.02 Å². The first kappa shape index (κ1) is 21.1. The molecular weight excluding hydrogens is 413 g/mol. The van der Waals surface area contributed by atoms with Gasteiger partial charge in [-0.05, 0) is 62.6 Å². The number of sulfone groups is 1. The van der Waals surface area contributed by atoms with Crippen LogP contribution in [-0.2, 0) is 20.8 Å². The van der Waals surface area contributed by atoms with Crippen LogP contribution in [0, 0.1) is 0 Å². The van der Waals surface area contributed by atoms with Crippen LogP contribution in [0.15, 0.2) is 53.4 Å². The monoisotopic (exact) mass is 432 g/mol. The smallest absolute Gasteiger partial charge is 0.368 e. The molecule has 0 radical (unpaired) electrons. The van der Waals surface area contributed by atoms with Gasteiger partial charge in [-0.15, -0.1) is 0 Å². The first-order valence-electron chi connectivity index (χ1n) is 8.73. The summed E-state index contributed by atoms with van der Waals surface area (Å²) in [4.78, 5) is -0.320. The standard InChI is InChI=1S/C20H20ClF3O3S/c1-19(2)12-17(11-18(27-19)13-6-8-15(21)9-7-13)28(25,26)16-5-3-4-14(10-16)20(22,23)24/h3-10,17-18H,11-12H2,1-2H3. The molecular formula is C20H20ClF3O3S. The molecule has 2 aromatic carbocycles. The van der Waals surface area contributed by atoms with E-state index >= 15 is 0 Å². The van der Waals surface area contributed by atoms with Crippen LogP contribution in [0.3, 0.4) is 0 Å². The molecule has 0 saturated carbocycles. The van der Waals surface area contributed by atoms with Crippen LogP contribution in [0.25, 0.3) is 0 Å². The predicted octanol–water partition coefficient (Wildman–Crippen LogP) is 5.83. The minimum absolute atomic E-state index is 0.156. The van der Waals surface area contributed by atoms with Crippen molar-refractivity contribution in [2.75, 3.05) is 0 Å². The van der Waals surface area contributed by atoms with Gasteiger partial charge < -0.3 is 4.74 Å². The van der Waals surface area contributed by atoms with Gasteiger partial charge >= 0.3 is 6.18 Å². The third-order valence-electron chi connectivity index (χ3n) is 4.83. The summed E-state index contributed by atoms with van der Waals surface area (Å²) >= 11 is 5.91. The maximum absolute atomic E-state index is 13.1. The summed E-state index contributed by atoms with van der Waals surface area (Å²) in [6.07, 6.45) is -4.75. The van der Waals surface area contributed by atoms with Crippen LogP contribution in [-0.4, -0.2) is 19.3 Å². The molecule has 1 heterocycles. The number of halogens is 4. The number of hydrogen-bond donors (Lipinski definition) is 0. The zero-order valence-corrected chi connectivity index (χ0v) is 16.9. The molecule has 0 N–H and O–H groups in total. The number of rotatable bonds is 3. The Balaban J connectivity index is 1.95. The van der Waals surface area contributed by atoms with E-state index in [1.165, 1.54) is 6.07 Å². The highest BCUT2D eigenvalue weighted by atomic mass is 35.5. The predicted molar refractivity (Wildman–Crippen MR) is 101 cm³/mol. The Labute approximate surface area is 167 Å². The van der Waals surface area contributed by atoms with Crippen molar-refractivity contribution >= 4 is 21.4 Å². The molecule has 152 valence electrons. The lowest BCUT2D eigenvalue weighted by Gasteiger charge is -2.40. The van der Waals surface area contributed by atoms with Gasteiger partial charge in [0.2, 0.25) is 0 Å². The van der Waals surface area contributed by atoms with Gasteiger partial charge in [0.25, 0.3) is 0 Å². The van der Waals surface area contributed by atoms with Crippen LogP contribution < -0.4 is 0 Å². The number of ether oxygens (including phenoxy) is 1. The summed E-state index contributed by atoms with van der Waals surface area (Å²) in [6.45, 7) is 3.56. The normalized spacial score (nSPS) is 22.8. The second-order valence-corrected chi connectivity index (χ2v) is 10.2. The summed E-state index contributed by atoms with van der Waals surface area (Å²) in [5, 5.41) is -0.313. The molecule has 3 nitrogen and oxygen atoms in total. The summed E-state index contributed by atoms with van der Waals surface area (Å²) in [5.74, 6) is 0. The van der Waals surface area contributed by atoms with Crippen molar-refractivity contribution in [1.82, 2.24) is 0 Å². The minimum atomic E-state index is -4.60. The second-order valence-electron chi connectivity index (χ2n) is 7.55. The van der Waals surface area contributed by atoms with Crippen molar-refractivity contribution in [3.63, 3.8) is 0 Å². The molecule has 1 aliphatic rings. The maximum Gasteiger partial charge on any atom is 0.416 e. The summed E-state index contributed by atoms with van der Waals surface area (Å²) in [6, 6.07) is 10.8. The average molecular weight is 433 g/mol. The SMILES string of the molecule is CC1(C)CC(S(=O)(=O)c2cccc(C(F)(F)F)c2)CC(c2ccc(Cl)cc2)O1. The summed E-state index contributed by atoms with van der Waals surface area (Å²) in [7, 11) is -3.97. The highest BCUT2D eigenvalue weighted by molar-refractivity contribution is 7.92. The number of benzene rings is 2. The quantitative estimate of drug-likeness (QED) is 0.612. The van der Waals surface area contributed by atoms with Gasteiger partial charge in [-0.2, -0.15) is 13.2 Å². The second kappa shape index (κ2) is 7.35. The molecule has 28 heavy (non-hydrogen) atoms. The van der Waals surface area contributed by atoms with E-state index in [-0.39, 0.29) is 17.7 Å². The topological polar surface area (TPSA) is 43.4 Å². The minimum Gasteiger partial charge on any atom is -0.368 e. The van der Waals surface area contributed by atoms with E-state index < -0.39 is 38.5 Å². The van der Waals surface area contributed by atoms with Gasteiger partial charge in [-0.3, -0.25) is 0 Å². The number of alkyl halides is 3. The van der Waals surface area contributed by atoms with Gasteiger partial charge in [-0.1, -0.05) is 29.8 Å². The molecule has 2 aromatic rings. The molecule has 0 bridgehead atoms. The first-order chi connectivity index (χ1) is 12.9. The third-order valence-corrected chi connectivity index (χ3v) is 7.23. The van der Waals surface area contributed by atoms with Gasteiger partial charge in [0.1, 0.15) is 0 Å². The lowest BCUT2D eigenvalue weighted by atomic mass is 9.92. The Morgan fingerprint density at radius 2 is 1.75 bits per heavy atom. The molecule has 0 amide bonds. The van der Waals surface area contributed by atoms with Crippen LogP contribution in [0.4, 0.5) is 13.2 Å². The highest BCUT2D eigenvalue weighted by Gasteiger charge is 2.42. The Kier molecular flexibility index (Phi) is 5.55. The first-order valence-corrected chi connectivity index (χ1v) is 10.7.